The number of hydrogen-bond donors (Lipinski definition) is 0. The zero-order valence-corrected chi connectivity index (χ0v) is 12.5. The average Bonchev–Trinajstić information content (AvgIpc) is 2.36. The van der Waals surface area contributed by atoms with Crippen molar-refractivity contribution in [2.75, 3.05) is 26.4 Å². The van der Waals surface area contributed by atoms with Gasteiger partial charge in [-0.25, -0.2) is 0 Å². The third-order valence-electron chi connectivity index (χ3n) is 3.06. The topological polar surface area (TPSA) is 44.8 Å². The molecule has 4 nitrogen and oxygen atoms in total. The first-order valence-electron chi connectivity index (χ1n) is 6.84. The Balaban J connectivity index is 3.65. The normalized spacial score (nSPS) is 13.4. The molecule has 0 heterocycles. The maximum Gasteiger partial charge on any atom is 0.311 e. The molecule has 0 aromatic heterocycles. The van der Waals surface area contributed by atoms with Crippen LogP contribution in [0.5, 0.6) is 0 Å². The van der Waals surface area contributed by atoms with E-state index in [1.54, 1.807) is 0 Å². The van der Waals surface area contributed by atoms with E-state index >= 15 is 0 Å². The van der Waals surface area contributed by atoms with Crippen LogP contribution in [0, 0.1) is 5.41 Å². The highest BCUT2D eigenvalue weighted by Gasteiger charge is 2.26. The van der Waals surface area contributed by atoms with Crippen LogP contribution in [0.15, 0.2) is 0 Å². The Morgan fingerprint density at radius 3 is 2.33 bits per heavy atom. The Morgan fingerprint density at radius 1 is 1.17 bits per heavy atom. The summed E-state index contributed by atoms with van der Waals surface area (Å²) < 4.78 is 16.1. The molecular formula is C14H28O4. The van der Waals surface area contributed by atoms with Gasteiger partial charge in [0.2, 0.25) is 0 Å². The SMILES string of the molecule is CCOC(CC)COCCOC(=O)C(C)(C)CC. The zero-order chi connectivity index (χ0) is 14.0. The van der Waals surface area contributed by atoms with Gasteiger partial charge in [0.15, 0.2) is 0 Å². The van der Waals surface area contributed by atoms with Crippen molar-refractivity contribution < 1.29 is 19.0 Å². The van der Waals surface area contributed by atoms with Crippen LogP contribution in [0.3, 0.4) is 0 Å². The van der Waals surface area contributed by atoms with E-state index in [1.165, 1.54) is 0 Å². The van der Waals surface area contributed by atoms with Crippen LogP contribution in [0.1, 0.15) is 47.5 Å². The van der Waals surface area contributed by atoms with E-state index in [-0.39, 0.29) is 12.1 Å². The van der Waals surface area contributed by atoms with Crippen LogP contribution in [0.25, 0.3) is 0 Å². The van der Waals surface area contributed by atoms with Gasteiger partial charge in [-0.15, -0.1) is 0 Å². The van der Waals surface area contributed by atoms with Gasteiger partial charge in [0.05, 0.1) is 24.7 Å². The quantitative estimate of drug-likeness (QED) is 0.447. The molecule has 0 amide bonds. The molecule has 0 radical (unpaired) electrons. The van der Waals surface area contributed by atoms with E-state index in [9.17, 15) is 4.79 Å². The molecule has 0 N–H and O–H groups in total. The van der Waals surface area contributed by atoms with Crippen molar-refractivity contribution in [3.8, 4) is 0 Å². The van der Waals surface area contributed by atoms with Gasteiger partial charge in [0, 0.05) is 6.61 Å². The van der Waals surface area contributed by atoms with E-state index in [0.29, 0.717) is 26.4 Å². The molecule has 0 aromatic rings. The molecule has 18 heavy (non-hydrogen) atoms. The fraction of sp³-hybridized carbons (Fsp3) is 0.929. The van der Waals surface area contributed by atoms with Gasteiger partial charge in [-0.2, -0.15) is 0 Å². The number of carbonyl (C=O) groups is 1. The number of carbonyl (C=O) groups excluding carboxylic acids is 1. The Morgan fingerprint density at radius 2 is 1.83 bits per heavy atom. The molecule has 0 bridgehead atoms. The van der Waals surface area contributed by atoms with Crippen molar-refractivity contribution >= 4 is 5.97 Å². The number of esters is 1. The summed E-state index contributed by atoms with van der Waals surface area (Å²) in [5.41, 5.74) is -0.405. The summed E-state index contributed by atoms with van der Waals surface area (Å²) in [6, 6.07) is 0. The van der Waals surface area contributed by atoms with Crippen LogP contribution in [0.2, 0.25) is 0 Å². The second-order valence-corrected chi connectivity index (χ2v) is 4.93. The Hall–Kier alpha value is -0.610. The highest BCUT2D eigenvalue weighted by Crippen LogP contribution is 2.21. The standard InChI is InChI=1S/C14H28O4/c1-6-12(17-8-3)11-16-9-10-18-13(15)14(4,5)7-2/h12H,6-11H2,1-5H3. The second kappa shape index (κ2) is 9.34. The summed E-state index contributed by atoms with van der Waals surface area (Å²) in [5.74, 6) is -0.162. The summed E-state index contributed by atoms with van der Waals surface area (Å²) in [5, 5.41) is 0. The zero-order valence-electron chi connectivity index (χ0n) is 12.5. The van der Waals surface area contributed by atoms with Gasteiger partial charge in [0.25, 0.3) is 0 Å². The number of rotatable bonds is 10. The molecule has 0 saturated carbocycles. The van der Waals surface area contributed by atoms with E-state index in [1.807, 2.05) is 27.7 Å². The van der Waals surface area contributed by atoms with Crippen molar-refractivity contribution in [3.05, 3.63) is 0 Å². The minimum atomic E-state index is -0.405. The molecule has 4 heteroatoms. The molecule has 0 rings (SSSR count). The lowest BCUT2D eigenvalue weighted by atomic mass is 9.91. The molecule has 0 aliphatic heterocycles. The molecule has 0 saturated heterocycles. The van der Waals surface area contributed by atoms with Crippen molar-refractivity contribution in [2.45, 2.75) is 53.6 Å². The molecule has 0 aliphatic carbocycles. The van der Waals surface area contributed by atoms with E-state index in [2.05, 4.69) is 6.92 Å². The van der Waals surface area contributed by atoms with Gasteiger partial charge in [-0.1, -0.05) is 13.8 Å². The predicted molar refractivity (Wildman–Crippen MR) is 71.6 cm³/mol. The Bertz CT molecular complexity index is 226. The minimum Gasteiger partial charge on any atom is -0.463 e. The van der Waals surface area contributed by atoms with E-state index in [4.69, 9.17) is 14.2 Å². The fourth-order valence-electron chi connectivity index (χ4n) is 1.27. The van der Waals surface area contributed by atoms with Gasteiger partial charge in [-0.05, 0) is 33.6 Å². The Kier molecular flexibility index (Phi) is 9.02. The molecule has 1 unspecified atom stereocenters. The van der Waals surface area contributed by atoms with Crippen LogP contribution in [-0.4, -0.2) is 38.5 Å². The molecule has 0 aromatic carbocycles. The molecule has 1 atom stereocenters. The number of hydrogen-bond acceptors (Lipinski definition) is 4. The van der Waals surface area contributed by atoms with Gasteiger partial charge >= 0.3 is 5.97 Å². The molecule has 0 fully saturated rings. The van der Waals surface area contributed by atoms with Crippen LogP contribution < -0.4 is 0 Å². The summed E-state index contributed by atoms with van der Waals surface area (Å²) >= 11 is 0. The monoisotopic (exact) mass is 260 g/mol. The van der Waals surface area contributed by atoms with Crippen molar-refractivity contribution in [1.29, 1.82) is 0 Å². The maximum atomic E-state index is 11.6. The lowest BCUT2D eigenvalue weighted by Gasteiger charge is -2.20. The summed E-state index contributed by atoms with van der Waals surface area (Å²) in [6.07, 6.45) is 1.84. The number of ether oxygens (including phenoxy) is 3. The maximum absolute atomic E-state index is 11.6. The van der Waals surface area contributed by atoms with Crippen LogP contribution in [0.4, 0.5) is 0 Å². The van der Waals surface area contributed by atoms with Gasteiger partial charge in [-0.3, -0.25) is 4.79 Å². The third kappa shape index (κ3) is 6.97. The molecule has 0 aliphatic rings. The Labute approximate surface area is 111 Å². The second-order valence-electron chi connectivity index (χ2n) is 4.93. The first kappa shape index (κ1) is 17.4. The first-order valence-corrected chi connectivity index (χ1v) is 6.84. The van der Waals surface area contributed by atoms with Gasteiger partial charge < -0.3 is 14.2 Å². The van der Waals surface area contributed by atoms with Crippen LogP contribution >= 0.6 is 0 Å². The average molecular weight is 260 g/mol. The highest BCUT2D eigenvalue weighted by atomic mass is 16.6. The predicted octanol–water partition coefficient (Wildman–Crippen LogP) is 2.80. The van der Waals surface area contributed by atoms with Crippen LogP contribution in [-0.2, 0) is 19.0 Å². The molecule has 108 valence electrons. The van der Waals surface area contributed by atoms with Crippen molar-refractivity contribution in [2.24, 2.45) is 5.41 Å². The minimum absolute atomic E-state index is 0.137. The summed E-state index contributed by atoms with van der Waals surface area (Å²) in [4.78, 5) is 11.6. The lowest BCUT2D eigenvalue weighted by Crippen LogP contribution is -2.27. The lowest BCUT2D eigenvalue weighted by molar-refractivity contribution is -0.156. The van der Waals surface area contributed by atoms with E-state index in [0.717, 1.165) is 12.8 Å². The molecule has 0 spiro atoms. The van der Waals surface area contributed by atoms with Crippen molar-refractivity contribution in [1.82, 2.24) is 0 Å². The largest absolute Gasteiger partial charge is 0.463 e. The molecular weight excluding hydrogens is 232 g/mol. The summed E-state index contributed by atoms with van der Waals surface area (Å²) in [7, 11) is 0. The highest BCUT2D eigenvalue weighted by molar-refractivity contribution is 5.75. The van der Waals surface area contributed by atoms with Gasteiger partial charge in [0.1, 0.15) is 6.61 Å². The van der Waals surface area contributed by atoms with Crippen molar-refractivity contribution in [3.63, 3.8) is 0 Å². The first-order chi connectivity index (χ1) is 8.47. The summed E-state index contributed by atoms with van der Waals surface area (Å²) in [6.45, 7) is 11.8. The van der Waals surface area contributed by atoms with E-state index < -0.39 is 5.41 Å². The smallest absolute Gasteiger partial charge is 0.311 e. The third-order valence-corrected chi connectivity index (χ3v) is 3.06. The fourth-order valence-corrected chi connectivity index (χ4v) is 1.27.